The highest BCUT2D eigenvalue weighted by Crippen LogP contribution is 2.31. The number of likely N-dealkylation sites (tertiary alicyclic amines) is 2. The predicted octanol–water partition coefficient (Wildman–Crippen LogP) is 5.15. The highest BCUT2D eigenvalue weighted by molar-refractivity contribution is 6.13. The van der Waals surface area contributed by atoms with Gasteiger partial charge >= 0.3 is 0 Å². The molecule has 0 radical (unpaired) electrons. The Labute approximate surface area is 196 Å². The third kappa shape index (κ3) is 4.62. The first-order valence-corrected chi connectivity index (χ1v) is 12.7. The van der Waals surface area contributed by atoms with E-state index in [1.54, 1.807) is 0 Å². The number of fused-ring (bicyclic) bond motifs is 3. The number of aromatic nitrogens is 1. The lowest BCUT2D eigenvalue weighted by Gasteiger charge is -2.25. The summed E-state index contributed by atoms with van der Waals surface area (Å²) in [5.41, 5.74) is 3.80. The monoisotopic (exact) mass is 445 g/mol. The Hall–Kier alpha value is -2.50. The maximum atomic E-state index is 13.1. The number of hydrogen-bond acceptors (Lipinski definition) is 4. The molecule has 5 nitrogen and oxygen atoms in total. The van der Waals surface area contributed by atoms with Gasteiger partial charge in [0.25, 0.3) is 0 Å². The first-order valence-electron chi connectivity index (χ1n) is 12.7. The summed E-state index contributed by atoms with van der Waals surface area (Å²) in [5.74, 6) is 0.377. The van der Waals surface area contributed by atoms with Gasteiger partial charge in [-0.05, 0) is 95.2 Å². The molecule has 5 heteroatoms. The third-order valence-corrected chi connectivity index (χ3v) is 7.46. The summed E-state index contributed by atoms with van der Waals surface area (Å²) in [7, 11) is 0. The van der Waals surface area contributed by atoms with E-state index in [0.29, 0.717) is 13.1 Å². The van der Waals surface area contributed by atoms with Crippen LogP contribution in [0.25, 0.3) is 21.8 Å². The summed E-state index contributed by atoms with van der Waals surface area (Å²) < 4.78 is 2.28. The summed E-state index contributed by atoms with van der Waals surface area (Å²) in [4.78, 5) is 30.7. The first-order chi connectivity index (χ1) is 16.1. The van der Waals surface area contributed by atoms with Crippen molar-refractivity contribution >= 4 is 33.4 Å². The van der Waals surface area contributed by atoms with Crippen LogP contribution in [0.2, 0.25) is 0 Å². The predicted molar refractivity (Wildman–Crippen MR) is 134 cm³/mol. The third-order valence-electron chi connectivity index (χ3n) is 7.46. The van der Waals surface area contributed by atoms with Crippen molar-refractivity contribution in [3.8, 4) is 0 Å². The Morgan fingerprint density at radius 2 is 1.09 bits per heavy atom. The zero-order chi connectivity index (χ0) is 22.8. The second-order valence-corrected chi connectivity index (χ2v) is 9.73. The molecule has 33 heavy (non-hydrogen) atoms. The molecule has 1 aromatic heterocycles. The molecule has 0 saturated carbocycles. The zero-order valence-corrected chi connectivity index (χ0v) is 19.8. The quantitative estimate of drug-likeness (QED) is 0.472. The van der Waals surface area contributed by atoms with Gasteiger partial charge in [-0.15, -0.1) is 0 Å². The SMILES string of the molecule is CCn1c2ccc(C(=O)CN3CCCCC3)cc2c2cc(C(=O)CN3CCCCC3)ccc21. The minimum absolute atomic E-state index is 0.188. The van der Waals surface area contributed by atoms with Crippen LogP contribution in [0.1, 0.15) is 66.2 Å². The summed E-state index contributed by atoms with van der Waals surface area (Å²) >= 11 is 0. The van der Waals surface area contributed by atoms with E-state index in [9.17, 15) is 9.59 Å². The van der Waals surface area contributed by atoms with E-state index in [-0.39, 0.29) is 11.6 Å². The van der Waals surface area contributed by atoms with E-state index >= 15 is 0 Å². The highest BCUT2D eigenvalue weighted by Gasteiger charge is 2.19. The molecule has 3 aromatic rings. The Balaban J connectivity index is 1.46. The summed E-state index contributed by atoms with van der Waals surface area (Å²) in [6, 6.07) is 12.2. The molecule has 174 valence electrons. The molecule has 0 aliphatic carbocycles. The minimum Gasteiger partial charge on any atom is -0.341 e. The van der Waals surface area contributed by atoms with Crippen LogP contribution in [0.5, 0.6) is 0 Å². The van der Waals surface area contributed by atoms with Crippen LogP contribution >= 0.6 is 0 Å². The minimum atomic E-state index is 0.188. The van der Waals surface area contributed by atoms with E-state index in [1.165, 1.54) is 38.5 Å². The van der Waals surface area contributed by atoms with Gasteiger partial charge < -0.3 is 4.57 Å². The van der Waals surface area contributed by atoms with Crippen LogP contribution in [0.3, 0.4) is 0 Å². The molecule has 3 heterocycles. The number of Topliss-reactive ketones (excluding diaryl/α,β-unsaturated/α-hetero) is 2. The largest absolute Gasteiger partial charge is 0.341 e. The van der Waals surface area contributed by atoms with Gasteiger partial charge in [-0.3, -0.25) is 19.4 Å². The number of aryl methyl sites for hydroxylation is 1. The number of nitrogens with zero attached hydrogens (tertiary/aromatic N) is 3. The lowest BCUT2D eigenvalue weighted by atomic mass is 10.0. The van der Waals surface area contributed by atoms with Crippen LogP contribution in [0.4, 0.5) is 0 Å². The molecule has 2 fully saturated rings. The van der Waals surface area contributed by atoms with Crippen molar-refractivity contribution in [2.24, 2.45) is 0 Å². The average molecular weight is 446 g/mol. The zero-order valence-electron chi connectivity index (χ0n) is 19.8. The Morgan fingerprint density at radius 1 is 0.667 bits per heavy atom. The first kappa shape index (κ1) is 22.3. The van der Waals surface area contributed by atoms with Crippen LogP contribution in [-0.4, -0.2) is 65.2 Å². The molecule has 5 rings (SSSR count). The van der Waals surface area contributed by atoms with E-state index in [1.807, 2.05) is 12.1 Å². The summed E-state index contributed by atoms with van der Waals surface area (Å²) in [6.45, 7) is 8.06. The normalized spacial score (nSPS) is 18.2. The molecule has 2 aliphatic heterocycles. The molecule has 0 spiro atoms. The Morgan fingerprint density at radius 3 is 1.48 bits per heavy atom. The fourth-order valence-corrected chi connectivity index (χ4v) is 5.62. The lowest BCUT2D eigenvalue weighted by Crippen LogP contribution is -2.34. The number of hydrogen-bond donors (Lipinski definition) is 0. The average Bonchev–Trinajstić information content (AvgIpc) is 3.17. The van der Waals surface area contributed by atoms with Crippen molar-refractivity contribution in [3.63, 3.8) is 0 Å². The topological polar surface area (TPSA) is 45.6 Å². The molecule has 0 amide bonds. The van der Waals surface area contributed by atoms with Gasteiger partial charge in [0.2, 0.25) is 0 Å². The van der Waals surface area contributed by atoms with Gasteiger partial charge in [0, 0.05) is 39.5 Å². The number of benzene rings is 2. The standard InChI is InChI=1S/C28H35N3O2/c1-2-31-25-11-9-21(27(32)19-29-13-5-3-6-14-29)17-23(25)24-18-22(10-12-26(24)31)28(33)20-30-15-7-4-8-16-30/h9-12,17-18H,2-8,13-16,19-20H2,1H3. The van der Waals surface area contributed by atoms with Gasteiger partial charge in [0.1, 0.15) is 0 Å². The van der Waals surface area contributed by atoms with Gasteiger partial charge in [-0.1, -0.05) is 12.8 Å². The number of piperidine rings is 2. The van der Waals surface area contributed by atoms with Crippen molar-refractivity contribution in [2.45, 2.75) is 52.0 Å². The van der Waals surface area contributed by atoms with Gasteiger partial charge in [0.15, 0.2) is 11.6 Å². The van der Waals surface area contributed by atoms with Crippen LogP contribution in [0.15, 0.2) is 36.4 Å². The van der Waals surface area contributed by atoms with E-state index < -0.39 is 0 Å². The van der Waals surface area contributed by atoms with E-state index in [2.05, 4.69) is 45.6 Å². The van der Waals surface area contributed by atoms with Gasteiger partial charge in [-0.25, -0.2) is 0 Å². The molecule has 0 N–H and O–H groups in total. The number of rotatable bonds is 7. The van der Waals surface area contributed by atoms with Crippen molar-refractivity contribution in [1.29, 1.82) is 0 Å². The fourth-order valence-electron chi connectivity index (χ4n) is 5.62. The Kier molecular flexibility index (Phi) is 6.61. The lowest BCUT2D eigenvalue weighted by molar-refractivity contribution is 0.0908. The smallest absolute Gasteiger partial charge is 0.176 e. The Bertz CT molecular complexity index is 1080. The van der Waals surface area contributed by atoms with Crippen molar-refractivity contribution in [2.75, 3.05) is 39.3 Å². The molecule has 0 atom stereocenters. The van der Waals surface area contributed by atoms with Crippen molar-refractivity contribution in [3.05, 3.63) is 47.5 Å². The molecular formula is C28H35N3O2. The van der Waals surface area contributed by atoms with Gasteiger partial charge in [0.05, 0.1) is 13.1 Å². The van der Waals surface area contributed by atoms with E-state index in [0.717, 1.165) is 65.7 Å². The van der Waals surface area contributed by atoms with Crippen molar-refractivity contribution in [1.82, 2.24) is 14.4 Å². The van der Waals surface area contributed by atoms with Gasteiger partial charge in [-0.2, -0.15) is 0 Å². The van der Waals surface area contributed by atoms with Crippen LogP contribution in [-0.2, 0) is 6.54 Å². The molecule has 0 unspecified atom stereocenters. The maximum absolute atomic E-state index is 13.1. The van der Waals surface area contributed by atoms with E-state index in [4.69, 9.17) is 0 Å². The molecule has 0 bridgehead atoms. The van der Waals surface area contributed by atoms with Crippen molar-refractivity contribution < 1.29 is 9.59 Å². The molecular weight excluding hydrogens is 410 g/mol. The summed E-state index contributed by atoms with van der Waals surface area (Å²) in [6.07, 6.45) is 7.28. The number of ketones is 2. The molecule has 2 aromatic carbocycles. The molecule has 2 aliphatic rings. The highest BCUT2D eigenvalue weighted by atomic mass is 16.1. The second kappa shape index (κ2) is 9.78. The number of carbonyl (C=O) groups excluding carboxylic acids is 2. The van der Waals surface area contributed by atoms with Crippen LogP contribution < -0.4 is 0 Å². The number of carbonyl (C=O) groups is 2. The summed E-state index contributed by atoms with van der Waals surface area (Å²) in [5, 5.41) is 2.15. The maximum Gasteiger partial charge on any atom is 0.176 e. The fraction of sp³-hybridized carbons (Fsp3) is 0.500. The van der Waals surface area contributed by atoms with Crippen LogP contribution in [0, 0.1) is 0 Å². The molecule has 2 saturated heterocycles. The second-order valence-electron chi connectivity index (χ2n) is 9.73.